The molecule has 0 amide bonds. The van der Waals surface area contributed by atoms with Gasteiger partial charge in [-0.25, -0.2) is 4.79 Å². The molecule has 0 saturated carbocycles. The van der Waals surface area contributed by atoms with Crippen LogP contribution in [0.3, 0.4) is 0 Å². The number of benzene rings is 1. The smallest absolute Gasteiger partial charge is 0.347 e. The highest BCUT2D eigenvalue weighted by Gasteiger charge is 2.21. The van der Waals surface area contributed by atoms with E-state index in [1.54, 1.807) is 0 Å². The monoisotopic (exact) mass is 234 g/mol. The topological polar surface area (TPSA) is 35.5 Å². The Morgan fingerprint density at radius 2 is 2.18 bits per heavy atom. The Kier molecular flexibility index (Phi) is 4.76. The van der Waals surface area contributed by atoms with Gasteiger partial charge < -0.3 is 9.47 Å². The number of carbonyl (C=O) groups is 1. The van der Waals surface area contributed by atoms with Crippen molar-refractivity contribution in [3.8, 4) is 5.75 Å². The Labute approximate surface area is 102 Å². The highest BCUT2D eigenvalue weighted by Crippen LogP contribution is 2.17. The van der Waals surface area contributed by atoms with Crippen LogP contribution in [0.4, 0.5) is 0 Å². The van der Waals surface area contributed by atoms with Crippen LogP contribution in [0.25, 0.3) is 0 Å². The van der Waals surface area contributed by atoms with Crippen molar-refractivity contribution in [1.29, 1.82) is 0 Å². The van der Waals surface area contributed by atoms with Crippen molar-refractivity contribution >= 4 is 5.97 Å². The van der Waals surface area contributed by atoms with Gasteiger partial charge in [0.2, 0.25) is 0 Å². The van der Waals surface area contributed by atoms with Crippen LogP contribution >= 0.6 is 0 Å². The third kappa shape index (κ3) is 4.31. The van der Waals surface area contributed by atoms with E-state index in [1.165, 1.54) is 7.11 Å². The third-order valence-electron chi connectivity index (χ3n) is 2.27. The minimum atomic E-state index is -0.626. The summed E-state index contributed by atoms with van der Waals surface area (Å²) in [6.07, 6.45) is -0.167. The molecule has 1 aromatic carbocycles. The molecule has 0 bridgehead atoms. The molecule has 0 heterocycles. The van der Waals surface area contributed by atoms with Gasteiger partial charge >= 0.3 is 5.97 Å². The molecule has 1 atom stereocenters. The summed E-state index contributed by atoms with van der Waals surface area (Å²) in [6, 6.07) is 7.56. The molecule has 1 unspecified atom stereocenters. The number of rotatable bonds is 5. The molecule has 0 saturated heterocycles. The maximum Gasteiger partial charge on any atom is 0.347 e. The average Bonchev–Trinajstić information content (AvgIpc) is 2.26. The summed E-state index contributed by atoms with van der Waals surface area (Å²) >= 11 is 0. The molecule has 3 heteroatoms. The van der Waals surface area contributed by atoms with Crippen LogP contribution in [0.2, 0.25) is 0 Å². The first-order valence-corrected chi connectivity index (χ1v) is 5.48. The lowest BCUT2D eigenvalue weighted by atomic mass is 10.1. The molecule has 0 aliphatic carbocycles. The Bertz CT molecular complexity index is 410. The molecule has 0 aliphatic rings. The maximum atomic E-state index is 11.5. The number of esters is 1. The molecular weight excluding hydrogens is 216 g/mol. The standard InChI is InChI=1S/C14H18O3/c1-10(2)8-13(14(15)16-4)17-12-7-5-6-11(3)9-12/h5-7,9,13H,1,8H2,2-4H3. The zero-order valence-electron chi connectivity index (χ0n) is 10.5. The molecule has 92 valence electrons. The van der Waals surface area contributed by atoms with Gasteiger partial charge in [-0.1, -0.05) is 24.3 Å². The summed E-state index contributed by atoms with van der Waals surface area (Å²) in [5, 5.41) is 0. The van der Waals surface area contributed by atoms with Gasteiger partial charge in [0, 0.05) is 6.42 Å². The van der Waals surface area contributed by atoms with Gasteiger partial charge in [-0.3, -0.25) is 0 Å². The van der Waals surface area contributed by atoms with Crippen molar-refractivity contribution in [2.45, 2.75) is 26.4 Å². The molecule has 1 rings (SSSR count). The van der Waals surface area contributed by atoms with Crippen molar-refractivity contribution in [1.82, 2.24) is 0 Å². The fourth-order valence-corrected chi connectivity index (χ4v) is 1.47. The summed E-state index contributed by atoms with van der Waals surface area (Å²) in [4.78, 5) is 11.5. The summed E-state index contributed by atoms with van der Waals surface area (Å²) in [7, 11) is 1.35. The molecular formula is C14H18O3. The van der Waals surface area contributed by atoms with Crippen LogP contribution in [-0.2, 0) is 9.53 Å². The normalized spacial score (nSPS) is 11.7. The molecule has 0 radical (unpaired) electrons. The van der Waals surface area contributed by atoms with E-state index in [9.17, 15) is 4.79 Å². The zero-order chi connectivity index (χ0) is 12.8. The Morgan fingerprint density at radius 3 is 2.71 bits per heavy atom. The van der Waals surface area contributed by atoms with Crippen LogP contribution in [0, 0.1) is 6.92 Å². The quantitative estimate of drug-likeness (QED) is 0.580. The largest absolute Gasteiger partial charge is 0.478 e. The minimum Gasteiger partial charge on any atom is -0.478 e. The van der Waals surface area contributed by atoms with Crippen LogP contribution in [0.15, 0.2) is 36.4 Å². The molecule has 3 nitrogen and oxygen atoms in total. The van der Waals surface area contributed by atoms with Gasteiger partial charge in [0.05, 0.1) is 7.11 Å². The number of ether oxygens (including phenoxy) is 2. The van der Waals surface area contributed by atoms with Gasteiger partial charge in [-0.05, 0) is 31.5 Å². The van der Waals surface area contributed by atoms with Crippen LogP contribution in [0.5, 0.6) is 5.75 Å². The highest BCUT2D eigenvalue weighted by atomic mass is 16.6. The Morgan fingerprint density at radius 1 is 1.47 bits per heavy atom. The third-order valence-corrected chi connectivity index (χ3v) is 2.27. The predicted molar refractivity (Wildman–Crippen MR) is 67.0 cm³/mol. The second-order valence-electron chi connectivity index (χ2n) is 4.11. The van der Waals surface area contributed by atoms with E-state index >= 15 is 0 Å². The summed E-state index contributed by atoms with van der Waals surface area (Å²) < 4.78 is 10.3. The van der Waals surface area contributed by atoms with E-state index in [4.69, 9.17) is 9.47 Å². The van der Waals surface area contributed by atoms with E-state index in [1.807, 2.05) is 38.1 Å². The van der Waals surface area contributed by atoms with E-state index in [-0.39, 0.29) is 5.97 Å². The van der Waals surface area contributed by atoms with Gasteiger partial charge in [-0.15, -0.1) is 0 Å². The van der Waals surface area contributed by atoms with Crippen molar-refractivity contribution in [2.75, 3.05) is 7.11 Å². The summed E-state index contributed by atoms with van der Waals surface area (Å²) in [5.41, 5.74) is 1.97. The number of carbonyl (C=O) groups excluding carboxylic acids is 1. The molecule has 0 fully saturated rings. The summed E-state index contributed by atoms with van der Waals surface area (Å²) in [5.74, 6) is 0.288. The molecule has 0 spiro atoms. The van der Waals surface area contributed by atoms with E-state index in [2.05, 4.69) is 6.58 Å². The summed E-state index contributed by atoms with van der Waals surface area (Å²) in [6.45, 7) is 7.61. The fraction of sp³-hybridized carbons (Fsp3) is 0.357. The van der Waals surface area contributed by atoms with Crippen LogP contribution in [0.1, 0.15) is 18.9 Å². The Balaban J connectivity index is 2.78. The molecule has 0 aliphatic heterocycles. The first kappa shape index (κ1) is 13.3. The van der Waals surface area contributed by atoms with Gasteiger partial charge in [0.15, 0.2) is 6.10 Å². The van der Waals surface area contributed by atoms with Crippen molar-refractivity contribution < 1.29 is 14.3 Å². The van der Waals surface area contributed by atoms with Gasteiger partial charge in [0.25, 0.3) is 0 Å². The fourth-order valence-electron chi connectivity index (χ4n) is 1.47. The molecule has 0 aromatic heterocycles. The maximum absolute atomic E-state index is 11.5. The van der Waals surface area contributed by atoms with Crippen molar-refractivity contribution in [3.63, 3.8) is 0 Å². The molecule has 17 heavy (non-hydrogen) atoms. The lowest BCUT2D eigenvalue weighted by Gasteiger charge is -2.17. The van der Waals surface area contributed by atoms with Gasteiger partial charge in [0.1, 0.15) is 5.75 Å². The van der Waals surface area contributed by atoms with E-state index < -0.39 is 6.10 Å². The molecule has 1 aromatic rings. The van der Waals surface area contributed by atoms with E-state index in [0.717, 1.165) is 11.1 Å². The second kappa shape index (κ2) is 6.09. The second-order valence-corrected chi connectivity index (χ2v) is 4.11. The van der Waals surface area contributed by atoms with Crippen molar-refractivity contribution in [3.05, 3.63) is 42.0 Å². The first-order chi connectivity index (χ1) is 8.02. The number of aryl methyl sites for hydroxylation is 1. The van der Waals surface area contributed by atoms with Gasteiger partial charge in [-0.2, -0.15) is 0 Å². The Hall–Kier alpha value is -1.77. The zero-order valence-corrected chi connectivity index (χ0v) is 10.5. The number of methoxy groups -OCH3 is 1. The minimum absolute atomic E-state index is 0.380. The van der Waals surface area contributed by atoms with Crippen molar-refractivity contribution in [2.24, 2.45) is 0 Å². The number of hydrogen-bond donors (Lipinski definition) is 0. The van der Waals surface area contributed by atoms with Crippen LogP contribution in [-0.4, -0.2) is 19.2 Å². The average molecular weight is 234 g/mol. The first-order valence-electron chi connectivity index (χ1n) is 5.48. The number of hydrogen-bond acceptors (Lipinski definition) is 3. The van der Waals surface area contributed by atoms with E-state index in [0.29, 0.717) is 12.2 Å². The van der Waals surface area contributed by atoms with Crippen LogP contribution < -0.4 is 4.74 Å². The molecule has 0 N–H and O–H groups in total. The lowest BCUT2D eigenvalue weighted by molar-refractivity contribution is -0.148. The SMILES string of the molecule is C=C(C)CC(Oc1cccc(C)c1)C(=O)OC. The predicted octanol–water partition coefficient (Wildman–Crippen LogP) is 2.88. The lowest BCUT2D eigenvalue weighted by Crippen LogP contribution is -2.28. The highest BCUT2D eigenvalue weighted by molar-refractivity contribution is 5.75.